The summed E-state index contributed by atoms with van der Waals surface area (Å²) >= 11 is 0. The number of fused-ring (bicyclic) bond motifs is 1. The first-order valence-corrected chi connectivity index (χ1v) is 11.4. The van der Waals surface area contributed by atoms with Crippen LogP contribution in [0.1, 0.15) is 17.8 Å². The van der Waals surface area contributed by atoms with Gasteiger partial charge >= 0.3 is 0 Å². The van der Waals surface area contributed by atoms with Crippen molar-refractivity contribution in [3.05, 3.63) is 59.9 Å². The van der Waals surface area contributed by atoms with Gasteiger partial charge in [0.15, 0.2) is 0 Å². The number of hydrogen-bond donors (Lipinski definition) is 1. The monoisotopic (exact) mass is 427 g/mol. The van der Waals surface area contributed by atoms with Crippen molar-refractivity contribution in [2.45, 2.75) is 24.8 Å². The van der Waals surface area contributed by atoms with E-state index in [9.17, 15) is 8.42 Å². The summed E-state index contributed by atoms with van der Waals surface area (Å²) in [5.41, 5.74) is 1.80. The molecule has 1 aromatic heterocycles. The van der Waals surface area contributed by atoms with E-state index in [-0.39, 0.29) is 11.4 Å². The van der Waals surface area contributed by atoms with Gasteiger partial charge in [-0.05, 0) is 58.3 Å². The number of nitrogens with zero attached hydrogens (tertiary/aromatic N) is 4. The topological polar surface area (TPSA) is 78.4 Å². The van der Waals surface area contributed by atoms with Crippen molar-refractivity contribution in [3.63, 3.8) is 0 Å². The van der Waals surface area contributed by atoms with E-state index in [2.05, 4.69) is 20.2 Å². The summed E-state index contributed by atoms with van der Waals surface area (Å²) in [6.45, 7) is 3.76. The molecule has 0 saturated heterocycles. The molecule has 0 atom stereocenters. The van der Waals surface area contributed by atoms with Gasteiger partial charge in [-0.3, -0.25) is 0 Å². The SMILES string of the molecule is Cc1ccc(S(=O)(=O)N(C)Cc2nc(NCCCN(C)C)c3ccccc3n2)cc1. The number of hydrogen-bond acceptors (Lipinski definition) is 6. The fraction of sp³-hybridized carbons (Fsp3) is 0.364. The number of rotatable bonds is 9. The van der Waals surface area contributed by atoms with E-state index in [1.54, 1.807) is 31.3 Å². The van der Waals surface area contributed by atoms with E-state index in [4.69, 9.17) is 0 Å². The number of nitrogens with one attached hydrogen (secondary N) is 1. The summed E-state index contributed by atoms with van der Waals surface area (Å²) < 4.78 is 27.1. The highest BCUT2D eigenvalue weighted by Gasteiger charge is 2.22. The summed E-state index contributed by atoms with van der Waals surface area (Å²) in [5, 5.41) is 4.31. The second kappa shape index (κ2) is 9.51. The lowest BCUT2D eigenvalue weighted by Crippen LogP contribution is -2.27. The minimum atomic E-state index is -3.62. The number of anilines is 1. The molecular weight excluding hydrogens is 398 g/mol. The van der Waals surface area contributed by atoms with Crippen LogP contribution in [0.3, 0.4) is 0 Å². The van der Waals surface area contributed by atoms with Gasteiger partial charge in [-0.2, -0.15) is 4.31 Å². The molecule has 0 saturated carbocycles. The average molecular weight is 428 g/mol. The van der Waals surface area contributed by atoms with Crippen LogP contribution in [-0.2, 0) is 16.6 Å². The smallest absolute Gasteiger partial charge is 0.243 e. The highest BCUT2D eigenvalue weighted by molar-refractivity contribution is 7.89. The first-order valence-electron chi connectivity index (χ1n) is 9.94. The second-order valence-electron chi connectivity index (χ2n) is 7.66. The molecular formula is C22H29N5O2S. The maximum absolute atomic E-state index is 12.9. The third-order valence-corrected chi connectivity index (χ3v) is 6.63. The third-order valence-electron chi connectivity index (χ3n) is 4.82. The fourth-order valence-corrected chi connectivity index (χ4v) is 4.23. The van der Waals surface area contributed by atoms with Gasteiger partial charge in [-0.25, -0.2) is 18.4 Å². The van der Waals surface area contributed by atoms with E-state index in [1.807, 2.05) is 45.3 Å². The molecule has 0 unspecified atom stereocenters. The predicted octanol–water partition coefficient (Wildman–Crippen LogP) is 3.12. The Morgan fingerprint density at radius 1 is 0.967 bits per heavy atom. The molecule has 0 radical (unpaired) electrons. The minimum absolute atomic E-state index is 0.0907. The summed E-state index contributed by atoms with van der Waals surface area (Å²) in [5.74, 6) is 1.19. The van der Waals surface area contributed by atoms with Gasteiger partial charge in [0.05, 0.1) is 17.0 Å². The lowest BCUT2D eigenvalue weighted by atomic mass is 10.2. The van der Waals surface area contributed by atoms with Crippen molar-refractivity contribution in [2.75, 3.05) is 39.5 Å². The van der Waals surface area contributed by atoms with Crippen LogP contribution in [0, 0.1) is 6.92 Å². The van der Waals surface area contributed by atoms with Crippen molar-refractivity contribution < 1.29 is 8.42 Å². The van der Waals surface area contributed by atoms with Crippen LogP contribution in [0.25, 0.3) is 10.9 Å². The molecule has 0 aliphatic rings. The van der Waals surface area contributed by atoms with E-state index in [0.29, 0.717) is 5.82 Å². The van der Waals surface area contributed by atoms with E-state index < -0.39 is 10.0 Å². The molecule has 30 heavy (non-hydrogen) atoms. The molecule has 8 heteroatoms. The number of benzene rings is 2. The van der Waals surface area contributed by atoms with Gasteiger partial charge in [-0.15, -0.1) is 0 Å². The summed E-state index contributed by atoms with van der Waals surface area (Å²) in [4.78, 5) is 11.6. The van der Waals surface area contributed by atoms with Crippen LogP contribution >= 0.6 is 0 Å². The lowest BCUT2D eigenvalue weighted by Gasteiger charge is -2.18. The van der Waals surface area contributed by atoms with Gasteiger partial charge in [-0.1, -0.05) is 29.8 Å². The Bertz CT molecular complexity index is 1100. The predicted molar refractivity (Wildman–Crippen MR) is 121 cm³/mol. The molecule has 0 aliphatic carbocycles. The Balaban J connectivity index is 1.83. The standard InChI is InChI=1S/C22H29N5O2S/c1-17-10-12-18(13-11-17)30(28,29)27(4)16-21-24-20-9-6-5-8-19(20)22(25-21)23-14-7-15-26(2)3/h5-6,8-13H,7,14-16H2,1-4H3,(H,23,24,25). The molecule has 0 bridgehead atoms. The molecule has 0 spiro atoms. The van der Waals surface area contributed by atoms with Crippen LogP contribution < -0.4 is 5.32 Å². The molecule has 160 valence electrons. The molecule has 0 fully saturated rings. The van der Waals surface area contributed by atoms with E-state index in [1.165, 1.54) is 4.31 Å². The van der Waals surface area contributed by atoms with Crippen LogP contribution in [-0.4, -0.2) is 61.8 Å². The van der Waals surface area contributed by atoms with Crippen LogP contribution in [0.2, 0.25) is 0 Å². The Labute approximate surface area is 178 Å². The second-order valence-corrected chi connectivity index (χ2v) is 9.71. The van der Waals surface area contributed by atoms with Crippen molar-refractivity contribution in [1.29, 1.82) is 0 Å². The van der Waals surface area contributed by atoms with Crippen LogP contribution in [0.4, 0.5) is 5.82 Å². The Hall–Kier alpha value is -2.55. The van der Waals surface area contributed by atoms with E-state index >= 15 is 0 Å². The first kappa shape index (κ1) is 22.1. The Morgan fingerprint density at radius 2 is 1.67 bits per heavy atom. The third kappa shape index (κ3) is 5.33. The molecule has 0 amide bonds. The van der Waals surface area contributed by atoms with Gasteiger partial charge in [0.25, 0.3) is 0 Å². The van der Waals surface area contributed by atoms with Gasteiger partial charge in [0, 0.05) is 19.0 Å². The Morgan fingerprint density at radius 3 is 2.37 bits per heavy atom. The molecule has 0 aliphatic heterocycles. The van der Waals surface area contributed by atoms with Crippen LogP contribution in [0.15, 0.2) is 53.4 Å². The molecule has 1 heterocycles. The Kier molecular flexibility index (Phi) is 7.02. The molecule has 1 N–H and O–H groups in total. The first-order chi connectivity index (χ1) is 14.3. The zero-order valence-electron chi connectivity index (χ0n) is 18.0. The van der Waals surface area contributed by atoms with Crippen molar-refractivity contribution in [3.8, 4) is 0 Å². The zero-order chi connectivity index (χ0) is 21.7. The maximum Gasteiger partial charge on any atom is 0.243 e. The van der Waals surface area contributed by atoms with Gasteiger partial charge in [0.2, 0.25) is 10.0 Å². The maximum atomic E-state index is 12.9. The summed E-state index contributed by atoms with van der Waals surface area (Å²) in [7, 11) is 2.02. The number of aryl methyl sites for hydroxylation is 1. The largest absolute Gasteiger partial charge is 0.369 e. The fourth-order valence-electron chi connectivity index (χ4n) is 3.11. The summed E-state index contributed by atoms with van der Waals surface area (Å²) in [6, 6.07) is 14.6. The van der Waals surface area contributed by atoms with Gasteiger partial charge < -0.3 is 10.2 Å². The average Bonchev–Trinajstić information content (AvgIpc) is 2.71. The highest BCUT2D eigenvalue weighted by atomic mass is 32.2. The normalized spacial score (nSPS) is 12.1. The van der Waals surface area contributed by atoms with Crippen molar-refractivity contribution in [1.82, 2.24) is 19.2 Å². The number of aromatic nitrogens is 2. The van der Waals surface area contributed by atoms with Crippen molar-refractivity contribution in [2.24, 2.45) is 0 Å². The van der Waals surface area contributed by atoms with Crippen molar-refractivity contribution >= 4 is 26.7 Å². The molecule has 3 rings (SSSR count). The number of para-hydroxylation sites is 1. The van der Waals surface area contributed by atoms with Crippen LogP contribution in [0.5, 0.6) is 0 Å². The minimum Gasteiger partial charge on any atom is -0.369 e. The summed E-state index contributed by atoms with van der Waals surface area (Å²) in [6.07, 6.45) is 0.975. The van der Waals surface area contributed by atoms with E-state index in [0.717, 1.165) is 41.8 Å². The zero-order valence-corrected chi connectivity index (χ0v) is 18.8. The quantitative estimate of drug-likeness (QED) is 0.529. The molecule has 2 aromatic carbocycles. The molecule has 7 nitrogen and oxygen atoms in total. The highest BCUT2D eigenvalue weighted by Crippen LogP contribution is 2.22. The number of sulfonamides is 1. The molecule has 3 aromatic rings. The van der Waals surface area contributed by atoms with Gasteiger partial charge in [0.1, 0.15) is 11.6 Å². The lowest BCUT2D eigenvalue weighted by molar-refractivity contribution is 0.405.